The molecule has 1 unspecified atom stereocenters. The third-order valence-corrected chi connectivity index (χ3v) is 5.52. The second-order valence-electron chi connectivity index (χ2n) is 4.91. The van der Waals surface area contributed by atoms with Crippen molar-refractivity contribution in [1.29, 1.82) is 0 Å². The van der Waals surface area contributed by atoms with Gasteiger partial charge in [0.2, 0.25) is 15.0 Å². The molecular weight excluding hydrogens is 352 g/mol. The van der Waals surface area contributed by atoms with E-state index in [9.17, 15) is 18.0 Å². The largest absolute Gasteiger partial charge is 0.462 e. The molecule has 0 bridgehead atoms. The molecule has 1 saturated heterocycles. The highest BCUT2D eigenvalue weighted by Gasteiger charge is 2.35. The van der Waals surface area contributed by atoms with Crippen molar-refractivity contribution in [3.8, 4) is 0 Å². The number of rotatable bonds is 5. The first kappa shape index (κ1) is 17.2. The number of hydrogen-bond donors (Lipinski definition) is 0. The number of esters is 1. The van der Waals surface area contributed by atoms with E-state index in [1.165, 1.54) is 4.90 Å². The summed E-state index contributed by atoms with van der Waals surface area (Å²) in [5.41, 5.74) is 0.486. The molecule has 122 valence electrons. The SMILES string of the molecule is CCOC(=O)c1sc(N2CC(CS(=O)(=O)Cl)CC2=O)nc1C. The molecule has 1 aliphatic rings. The minimum Gasteiger partial charge on any atom is -0.462 e. The van der Waals surface area contributed by atoms with Crippen molar-refractivity contribution < 1.29 is 22.7 Å². The maximum atomic E-state index is 12.0. The second kappa shape index (κ2) is 6.51. The zero-order chi connectivity index (χ0) is 16.5. The summed E-state index contributed by atoms with van der Waals surface area (Å²) < 4.78 is 27.2. The summed E-state index contributed by atoms with van der Waals surface area (Å²) in [5.74, 6) is -1.33. The van der Waals surface area contributed by atoms with Gasteiger partial charge in [-0.1, -0.05) is 11.3 Å². The van der Waals surface area contributed by atoms with Crippen LogP contribution in [0.25, 0.3) is 0 Å². The number of amides is 1. The van der Waals surface area contributed by atoms with Crippen LogP contribution >= 0.6 is 22.0 Å². The summed E-state index contributed by atoms with van der Waals surface area (Å²) in [6, 6.07) is 0. The number of hydrogen-bond acceptors (Lipinski definition) is 7. The molecule has 1 aliphatic heterocycles. The van der Waals surface area contributed by atoms with Crippen molar-refractivity contribution in [2.75, 3.05) is 23.8 Å². The van der Waals surface area contributed by atoms with E-state index in [-0.39, 0.29) is 37.2 Å². The van der Waals surface area contributed by atoms with E-state index in [2.05, 4.69) is 4.98 Å². The summed E-state index contributed by atoms with van der Waals surface area (Å²) in [7, 11) is 1.57. The summed E-state index contributed by atoms with van der Waals surface area (Å²) in [6.07, 6.45) is 0.0965. The zero-order valence-electron chi connectivity index (χ0n) is 12.0. The number of anilines is 1. The standard InChI is InChI=1S/C12H15ClN2O5S2/c1-3-20-11(17)10-7(2)14-12(21-10)15-5-8(4-9(15)16)6-22(13,18)19/h8H,3-6H2,1-2H3. The molecule has 1 amide bonds. The highest BCUT2D eigenvalue weighted by Crippen LogP contribution is 2.32. The Morgan fingerprint density at radius 2 is 2.23 bits per heavy atom. The van der Waals surface area contributed by atoms with Crippen LogP contribution in [0, 0.1) is 12.8 Å². The van der Waals surface area contributed by atoms with Crippen LogP contribution in [-0.2, 0) is 18.6 Å². The van der Waals surface area contributed by atoms with Crippen molar-refractivity contribution in [1.82, 2.24) is 4.98 Å². The Bertz CT molecular complexity index is 700. The van der Waals surface area contributed by atoms with E-state index in [1.807, 2.05) is 0 Å². The van der Waals surface area contributed by atoms with Gasteiger partial charge in [-0.3, -0.25) is 9.69 Å². The molecule has 7 nitrogen and oxygen atoms in total. The average Bonchev–Trinajstić information content (AvgIpc) is 2.91. The second-order valence-corrected chi connectivity index (χ2v) is 8.71. The number of nitrogens with zero attached hydrogens (tertiary/aromatic N) is 2. The van der Waals surface area contributed by atoms with E-state index in [0.717, 1.165) is 11.3 Å². The monoisotopic (exact) mass is 366 g/mol. The number of aryl methyl sites for hydroxylation is 1. The van der Waals surface area contributed by atoms with E-state index < -0.39 is 15.0 Å². The molecular formula is C12H15ClN2O5S2. The number of aromatic nitrogens is 1. The Kier molecular flexibility index (Phi) is 5.08. The van der Waals surface area contributed by atoms with Gasteiger partial charge in [0.05, 0.1) is 18.1 Å². The fourth-order valence-corrected chi connectivity index (χ4v) is 4.55. The highest BCUT2D eigenvalue weighted by molar-refractivity contribution is 8.13. The van der Waals surface area contributed by atoms with Crippen molar-refractivity contribution in [2.24, 2.45) is 5.92 Å². The predicted molar refractivity (Wildman–Crippen MR) is 82.9 cm³/mol. The first-order chi connectivity index (χ1) is 10.2. The average molecular weight is 367 g/mol. The van der Waals surface area contributed by atoms with Crippen LogP contribution in [-0.4, -0.2) is 44.2 Å². The Morgan fingerprint density at radius 1 is 1.55 bits per heavy atom. The van der Waals surface area contributed by atoms with E-state index >= 15 is 0 Å². The molecule has 0 saturated carbocycles. The summed E-state index contributed by atoms with van der Waals surface area (Å²) >= 11 is 1.07. The van der Waals surface area contributed by atoms with E-state index in [0.29, 0.717) is 15.7 Å². The van der Waals surface area contributed by atoms with Gasteiger partial charge in [-0.05, 0) is 13.8 Å². The van der Waals surface area contributed by atoms with Crippen molar-refractivity contribution in [2.45, 2.75) is 20.3 Å². The summed E-state index contributed by atoms with van der Waals surface area (Å²) in [6.45, 7) is 3.84. The zero-order valence-corrected chi connectivity index (χ0v) is 14.4. The van der Waals surface area contributed by atoms with Gasteiger partial charge in [-0.2, -0.15) is 0 Å². The third-order valence-electron chi connectivity index (χ3n) is 3.12. The third kappa shape index (κ3) is 3.96. The Balaban J connectivity index is 2.17. The maximum absolute atomic E-state index is 12.0. The molecule has 0 aliphatic carbocycles. The number of carbonyl (C=O) groups is 2. The Hall–Kier alpha value is -1.19. The molecule has 0 spiro atoms. The lowest BCUT2D eigenvalue weighted by Gasteiger charge is -2.12. The highest BCUT2D eigenvalue weighted by atomic mass is 35.7. The number of halogens is 1. The quantitative estimate of drug-likeness (QED) is 0.579. The fourth-order valence-electron chi connectivity index (χ4n) is 2.24. The van der Waals surface area contributed by atoms with Gasteiger partial charge in [0.25, 0.3) is 0 Å². The predicted octanol–water partition coefficient (Wildman–Crippen LogP) is 1.55. The van der Waals surface area contributed by atoms with Gasteiger partial charge >= 0.3 is 5.97 Å². The minimum atomic E-state index is -3.66. The Labute approximate surface area is 136 Å². The molecule has 22 heavy (non-hydrogen) atoms. The summed E-state index contributed by atoms with van der Waals surface area (Å²) in [4.78, 5) is 29.8. The molecule has 1 aromatic rings. The van der Waals surface area contributed by atoms with Gasteiger partial charge < -0.3 is 4.74 Å². The molecule has 0 aromatic carbocycles. The van der Waals surface area contributed by atoms with Gasteiger partial charge in [0.15, 0.2) is 5.13 Å². The smallest absolute Gasteiger partial charge is 0.350 e. The molecule has 1 aromatic heterocycles. The molecule has 2 rings (SSSR count). The van der Waals surface area contributed by atoms with Crippen LogP contribution < -0.4 is 4.90 Å². The lowest BCUT2D eigenvalue weighted by molar-refractivity contribution is -0.117. The van der Waals surface area contributed by atoms with Crippen LogP contribution in [0.15, 0.2) is 0 Å². The van der Waals surface area contributed by atoms with Crippen LogP contribution in [0.2, 0.25) is 0 Å². The van der Waals surface area contributed by atoms with Gasteiger partial charge in [-0.25, -0.2) is 18.2 Å². The van der Waals surface area contributed by atoms with E-state index in [4.69, 9.17) is 15.4 Å². The lowest BCUT2D eigenvalue weighted by atomic mass is 10.1. The van der Waals surface area contributed by atoms with Crippen molar-refractivity contribution in [3.05, 3.63) is 10.6 Å². The van der Waals surface area contributed by atoms with Crippen molar-refractivity contribution in [3.63, 3.8) is 0 Å². The molecule has 2 heterocycles. The van der Waals surface area contributed by atoms with E-state index in [1.54, 1.807) is 13.8 Å². The number of carbonyl (C=O) groups excluding carboxylic acids is 2. The van der Waals surface area contributed by atoms with Gasteiger partial charge in [-0.15, -0.1) is 0 Å². The maximum Gasteiger partial charge on any atom is 0.350 e. The minimum absolute atomic E-state index is 0.0965. The Morgan fingerprint density at radius 3 is 2.82 bits per heavy atom. The molecule has 0 radical (unpaired) electrons. The van der Waals surface area contributed by atoms with Crippen LogP contribution in [0.1, 0.15) is 28.7 Å². The summed E-state index contributed by atoms with van der Waals surface area (Å²) in [5, 5.41) is 0.375. The molecule has 0 N–H and O–H groups in total. The van der Waals surface area contributed by atoms with Gasteiger partial charge in [0.1, 0.15) is 4.88 Å². The number of ether oxygens (including phenoxy) is 1. The molecule has 1 fully saturated rings. The van der Waals surface area contributed by atoms with Crippen LogP contribution in [0.5, 0.6) is 0 Å². The van der Waals surface area contributed by atoms with Crippen LogP contribution in [0.3, 0.4) is 0 Å². The fraction of sp³-hybridized carbons (Fsp3) is 0.583. The first-order valence-corrected chi connectivity index (χ1v) is 9.88. The normalized spacial score (nSPS) is 18.8. The topological polar surface area (TPSA) is 93.6 Å². The van der Waals surface area contributed by atoms with Crippen molar-refractivity contribution >= 4 is 48.1 Å². The lowest BCUT2D eigenvalue weighted by Crippen LogP contribution is -2.25. The molecule has 10 heteroatoms. The first-order valence-electron chi connectivity index (χ1n) is 6.58. The molecule has 1 atom stereocenters. The van der Waals surface area contributed by atoms with Gasteiger partial charge in [0, 0.05) is 29.6 Å². The van der Waals surface area contributed by atoms with Crippen LogP contribution in [0.4, 0.5) is 5.13 Å². The number of thiazole rings is 1.